The molecule has 0 saturated carbocycles. The predicted molar refractivity (Wildman–Crippen MR) is 68.1 cm³/mol. The van der Waals surface area contributed by atoms with Gasteiger partial charge in [0.1, 0.15) is 0 Å². The van der Waals surface area contributed by atoms with Crippen LogP contribution in [0.25, 0.3) is 5.52 Å². The van der Waals surface area contributed by atoms with Crippen LogP contribution in [0.4, 0.5) is 0 Å². The Morgan fingerprint density at radius 2 is 2.12 bits per heavy atom. The zero-order valence-corrected chi connectivity index (χ0v) is 10.2. The lowest BCUT2D eigenvalue weighted by Gasteiger charge is -2.26. The fourth-order valence-corrected chi connectivity index (χ4v) is 2.37. The lowest BCUT2D eigenvalue weighted by Crippen LogP contribution is -2.42. The molecule has 0 spiro atoms. The third-order valence-electron chi connectivity index (χ3n) is 3.34. The van der Waals surface area contributed by atoms with Crippen molar-refractivity contribution in [2.75, 3.05) is 26.2 Å². The van der Waals surface area contributed by atoms with Crippen molar-refractivity contribution in [3.05, 3.63) is 35.9 Å². The van der Waals surface area contributed by atoms with E-state index in [4.69, 9.17) is 0 Å². The number of nitrogens with zero attached hydrogens (tertiary/aromatic N) is 3. The van der Waals surface area contributed by atoms with E-state index in [1.54, 1.807) is 0 Å². The van der Waals surface area contributed by atoms with E-state index < -0.39 is 0 Å². The van der Waals surface area contributed by atoms with Gasteiger partial charge in [-0.05, 0) is 18.6 Å². The summed E-state index contributed by atoms with van der Waals surface area (Å²) in [6.07, 6.45) is 4.05. The first-order valence-electron chi connectivity index (χ1n) is 6.18. The van der Waals surface area contributed by atoms with Crippen LogP contribution in [0, 0.1) is 6.92 Å². The highest BCUT2D eigenvalue weighted by atomic mass is 15.2. The summed E-state index contributed by atoms with van der Waals surface area (Å²) in [6.45, 7) is 7.47. The molecule has 3 heterocycles. The summed E-state index contributed by atoms with van der Waals surface area (Å²) in [7, 11) is 0. The van der Waals surface area contributed by atoms with E-state index in [-0.39, 0.29) is 0 Å². The molecule has 1 aliphatic heterocycles. The Morgan fingerprint density at radius 1 is 1.29 bits per heavy atom. The van der Waals surface area contributed by atoms with Crippen molar-refractivity contribution >= 4 is 5.52 Å². The van der Waals surface area contributed by atoms with Crippen LogP contribution in [0.2, 0.25) is 0 Å². The number of hydrogen-bond acceptors (Lipinski definition) is 3. The largest absolute Gasteiger partial charge is 0.314 e. The summed E-state index contributed by atoms with van der Waals surface area (Å²) >= 11 is 0. The molecule has 0 unspecified atom stereocenters. The minimum atomic E-state index is 0.960. The highest BCUT2D eigenvalue weighted by molar-refractivity contribution is 5.52. The maximum Gasteiger partial charge on any atom is 0.0996 e. The van der Waals surface area contributed by atoms with E-state index in [2.05, 4.69) is 44.9 Å². The van der Waals surface area contributed by atoms with Gasteiger partial charge in [-0.1, -0.05) is 6.07 Å². The quantitative estimate of drug-likeness (QED) is 0.837. The molecular weight excluding hydrogens is 212 g/mol. The van der Waals surface area contributed by atoms with Crippen LogP contribution >= 0.6 is 0 Å². The smallest absolute Gasteiger partial charge is 0.0996 e. The van der Waals surface area contributed by atoms with Crippen LogP contribution in [0.5, 0.6) is 0 Å². The lowest BCUT2D eigenvalue weighted by molar-refractivity contribution is 0.232. The Balaban J connectivity index is 1.84. The molecule has 1 N–H and O–H groups in total. The van der Waals surface area contributed by atoms with Gasteiger partial charge < -0.3 is 9.72 Å². The van der Waals surface area contributed by atoms with E-state index in [0.717, 1.165) is 32.7 Å². The van der Waals surface area contributed by atoms with Gasteiger partial charge in [-0.2, -0.15) is 0 Å². The van der Waals surface area contributed by atoms with Crippen molar-refractivity contribution in [2.24, 2.45) is 0 Å². The molecule has 0 radical (unpaired) electrons. The standard InChI is InChI=1S/C13H18N4/c1-11-2-3-13-12(15-10-17(13)8-11)9-16-6-4-14-5-7-16/h2-3,8,10,14H,4-7,9H2,1H3. The molecule has 0 amide bonds. The van der Waals surface area contributed by atoms with Crippen LogP contribution in [0.3, 0.4) is 0 Å². The normalized spacial score (nSPS) is 17.7. The molecule has 0 aliphatic carbocycles. The van der Waals surface area contributed by atoms with Gasteiger partial charge in [0.15, 0.2) is 0 Å². The van der Waals surface area contributed by atoms with Crippen LogP contribution in [0.1, 0.15) is 11.3 Å². The van der Waals surface area contributed by atoms with Gasteiger partial charge in [0, 0.05) is 38.9 Å². The Hall–Kier alpha value is -1.39. The summed E-state index contributed by atoms with van der Waals surface area (Å²) in [5, 5.41) is 3.37. The number of nitrogens with one attached hydrogen (secondary N) is 1. The predicted octanol–water partition coefficient (Wildman–Crippen LogP) is 1.05. The average molecular weight is 230 g/mol. The first kappa shape index (κ1) is 10.7. The Morgan fingerprint density at radius 3 is 2.94 bits per heavy atom. The second-order valence-corrected chi connectivity index (χ2v) is 4.72. The molecule has 90 valence electrons. The van der Waals surface area contributed by atoms with E-state index in [0.29, 0.717) is 0 Å². The lowest BCUT2D eigenvalue weighted by atomic mass is 10.2. The van der Waals surface area contributed by atoms with Gasteiger partial charge in [-0.15, -0.1) is 0 Å². The summed E-state index contributed by atoms with van der Waals surface area (Å²) in [6, 6.07) is 4.32. The zero-order chi connectivity index (χ0) is 11.7. The van der Waals surface area contributed by atoms with Crippen LogP contribution in [-0.4, -0.2) is 40.5 Å². The molecule has 0 atom stereocenters. The molecule has 2 aromatic heterocycles. The highest BCUT2D eigenvalue weighted by Gasteiger charge is 2.12. The number of fused-ring (bicyclic) bond motifs is 1. The van der Waals surface area contributed by atoms with Gasteiger partial charge in [0.25, 0.3) is 0 Å². The maximum absolute atomic E-state index is 4.53. The first-order chi connectivity index (χ1) is 8.33. The van der Waals surface area contributed by atoms with Gasteiger partial charge in [0.05, 0.1) is 17.5 Å². The van der Waals surface area contributed by atoms with E-state index in [9.17, 15) is 0 Å². The molecule has 0 aromatic carbocycles. The number of rotatable bonds is 2. The number of imidazole rings is 1. The third kappa shape index (κ3) is 2.18. The molecule has 1 aliphatic rings. The van der Waals surface area contributed by atoms with Crippen molar-refractivity contribution in [3.8, 4) is 0 Å². The van der Waals surface area contributed by atoms with Crippen molar-refractivity contribution in [3.63, 3.8) is 0 Å². The van der Waals surface area contributed by atoms with E-state index in [1.165, 1.54) is 16.8 Å². The molecule has 2 aromatic rings. The average Bonchev–Trinajstić information content (AvgIpc) is 2.73. The van der Waals surface area contributed by atoms with Gasteiger partial charge in [0.2, 0.25) is 0 Å². The van der Waals surface area contributed by atoms with E-state index in [1.807, 2.05) is 6.33 Å². The van der Waals surface area contributed by atoms with E-state index >= 15 is 0 Å². The minimum absolute atomic E-state index is 0.960. The van der Waals surface area contributed by atoms with Crippen molar-refractivity contribution in [1.82, 2.24) is 19.6 Å². The molecule has 3 rings (SSSR count). The maximum atomic E-state index is 4.53. The topological polar surface area (TPSA) is 32.6 Å². The number of piperazine rings is 1. The van der Waals surface area contributed by atoms with Gasteiger partial charge in [-0.25, -0.2) is 4.98 Å². The van der Waals surface area contributed by atoms with Crippen LogP contribution in [-0.2, 0) is 6.54 Å². The monoisotopic (exact) mass is 230 g/mol. The summed E-state index contributed by atoms with van der Waals surface area (Å²) in [5.41, 5.74) is 3.68. The molecule has 17 heavy (non-hydrogen) atoms. The third-order valence-corrected chi connectivity index (χ3v) is 3.34. The van der Waals surface area contributed by atoms with Gasteiger partial charge in [-0.3, -0.25) is 4.90 Å². The summed E-state index contributed by atoms with van der Waals surface area (Å²) in [4.78, 5) is 6.99. The molecule has 4 heteroatoms. The van der Waals surface area contributed by atoms with Crippen LogP contribution < -0.4 is 5.32 Å². The van der Waals surface area contributed by atoms with Crippen molar-refractivity contribution < 1.29 is 0 Å². The number of aromatic nitrogens is 2. The van der Waals surface area contributed by atoms with Crippen molar-refractivity contribution in [2.45, 2.75) is 13.5 Å². The highest BCUT2D eigenvalue weighted by Crippen LogP contribution is 2.13. The second kappa shape index (κ2) is 4.47. The summed E-state index contributed by atoms with van der Waals surface area (Å²) < 4.78 is 2.12. The zero-order valence-electron chi connectivity index (χ0n) is 10.2. The molecule has 0 bridgehead atoms. The molecule has 1 saturated heterocycles. The Kier molecular flexibility index (Phi) is 2.82. The fraction of sp³-hybridized carbons (Fsp3) is 0.462. The number of hydrogen-bond donors (Lipinski definition) is 1. The first-order valence-corrected chi connectivity index (χ1v) is 6.18. The molecular formula is C13H18N4. The fourth-order valence-electron chi connectivity index (χ4n) is 2.37. The Labute approximate surface area is 101 Å². The number of pyridine rings is 1. The number of aryl methyl sites for hydroxylation is 1. The molecule has 1 fully saturated rings. The second-order valence-electron chi connectivity index (χ2n) is 4.72. The summed E-state index contributed by atoms with van der Waals surface area (Å²) in [5.74, 6) is 0. The van der Waals surface area contributed by atoms with Crippen LogP contribution in [0.15, 0.2) is 24.7 Å². The van der Waals surface area contributed by atoms with Gasteiger partial charge >= 0.3 is 0 Å². The molecule has 4 nitrogen and oxygen atoms in total. The minimum Gasteiger partial charge on any atom is -0.314 e. The SMILES string of the molecule is Cc1ccc2c(CN3CCNCC3)ncn2c1. The van der Waals surface area contributed by atoms with Crippen molar-refractivity contribution in [1.29, 1.82) is 0 Å². The Bertz CT molecular complexity index is 511.